The zero-order chi connectivity index (χ0) is 14.8. The lowest BCUT2D eigenvalue weighted by Gasteiger charge is -2.31. The van der Waals surface area contributed by atoms with Crippen LogP contribution in [0.15, 0.2) is 6.07 Å². The molecule has 0 aliphatic rings. The van der Waals surface area contributed by atoms with Gasteiger partial charge in [0.05, 0.1) is 22.5 Å². The van der Waals surface area contributed by atoms with Gasteiger partial charge in [-0.1, -0.05) is 0 Å². The number of anilines is 1. The highest BCUT2D eigenvalue weighted by molar-refractivity contribution is 6.01. The molecule has 0 aromatic carbocycles. The van der Waals surface area contributed by atoms with E-state index in [1.807, 2.05) is 31.7 Å². The van der Waals surface area contributed by atoms with E-state index in [-0.39, 0.29) is 5.84 Å². The first-order valence-electron chi connectivity index (χ1n) is 6.45. The number of aryl methyl sites for hydroxylation is 2. The van der Waals surface area contributed by atoms with Gasteiger partial charge in [-0.25, -0.2) is 0 Å². The van der Waals surface area contributed by atoms with Crippen LogP contribution in [0.3, 0.4) is 0 Å². The second-order valence-corrected chi connectivity index (χ2v) is 5.48. The number of nitrogens with two attached hydrogens (primary N) is 1. The first-order chi connectivity index (χ1) is 8.65. The molecule has 0 aliphatic carbocycles. The number of nitrogens with one attached hydrogen (secondary N) is 1. The number of pyridine rings is 1. The number of amidine groups is 1. The van der Waals surface area contributed by atoms with Crippen LogP contribution in [0.1, 0.15) is 37.7 Å². The first-order valence-corrected chi connectivity index (χ1v) is 6.45. The number of hydrogen-bond donors (Lipinski definition) is 3. The number of rotatable bonds is 5. The molecule has 19 heavy (non-hydrogen) atoms. The Morgan fingerprint density at radius 3 is 2.47 bits per heavy atom. The maximum absolute atomic E-state index is 10.0. The van der Waals surface area contributed by atoms with Gasteiger partial charge >= 0.3 is 0 Å². The molecule has 1 aromatic rings. The molecule has 1 rings (SSSR count). The number of aliphatic hydroxyl groups is 1. The van der Waals surface area contributed by atoms with Crippen LogP contribution in [0.2, 0.25) is 0 Å². The summed E-state index contributed by atoms with van der Waals surface area (Å²) in [5.74, 6) is 0.00851. The van der Waals surface area contributed by atoms with Gasteiger partial charge in [-0.3, -0.25) is 10.4 Å². The molecule has 0 bridgehead atoms. The number of nitrogens with zero attached hydrogens (tertiary/aromatic N) is 2. The molecule has 0 spiro atoms. The molecule has 106 valence electrons. The molecule has 0 fully saturated rings. The molecule has 0 radical (unpaired) electrons. The monoisotopic (exact) mass is 264 g/mol. The second-order valence-electron chi connectivity index (χ2n) is 5.48. The fourth-order valence-corrected chi connectivity index (χ4v) is 2.22. The van der Waals surface area contributed by atoms with E-state index in [1.54, 1.807) is 13.8 Å². The standard InChI is InChI=1S/C14H24N4O/c1-6-18(8-14(4,5)19)11-7-9(2)17-10(3)12(11)13(15)16/h7,19H,6,8H2,1-5H3,(H3,15,16). The molecule has 0 atom stereocenters. The summed E-state index contributed by atoms with van der Waals surface area (Å²) in [6, 6.07) is 1.92. The fourth-order valence-electron chi connectivity index (χ4n) is 2.22. The number of hydrogen-bond acceptors (Lipinski definition) is 4. The van der Waals surface area contributed by atoms with Crippen LogP contribution in [0.4, 0.5) is 5.69 Å². The average molecular weight is 264 g/mol. The van der Waals surface area contributed by atoms with Crippen LogP contribution < -0.4 is 10.6 Å². The summed E-state index contributed by atoms with van der Waals surface area (Å²) in [5, 5.41) is 17.7. The summed E-state index contributed by atoms with van der Waals surface area (Å²) in [6.07, 6.45) is 0. The zero-order valence-corrected chi connectivity index (χ0v) is 12.4. The lowest BCUT2D eigenvalue weighted by molar-refractivity contribution is 0.0876. The van der Waals surface area contributed by atoms with Crippen molar-refractivity contribution in [2.45, 2.75) is 40.2 Å². The van der Waals surface area contributed by atoms with E-state index in [9.17, 15) is 5.11 Å². The van der Waals surface area contributed by atoms with Crippen LogP contribution in [-0.4, -0.2) is 34.6 Å². The van der Waals surface area contributed by atoms with E-state index < -0.39 is 5.60 Å². The van der Waals surface area contributed by atoms with Gasteiger partial charge in [0, 0.05) is 18.8 Å². The molecule has 5 nitrogen and oxygen atoms in total. The Balaban J connectivity index is 3.33. The van der Waals surface area contributed by atoms with Gasteiger partial charge in [0.15, 0.2) is 0 Å². The molecule has 4 N–H and O–H groups in total. The van der Waals surface area contributed by atoms with Crippen LogP contribution in [-0.2, 0) is 0 Å². The maximum Gasteiger partial charge on any atom is 0.126 e. The third-order valence-electron chi connectivity index (χ3n) is 2.88. The van der Waals surface area contributed by atoms with E-state index >= 15 is 0 Å². The van der Waals surface area contributed by atoms with Crippen molar-refractivity contribution < 1.29 is 5.11 Å². The van der Waals surface area contributed by atoms with Crippen molar-refractivity contribution in [3.05, 3.63) is 23.0 Å². The van der Waals surface area contributed by atoms with Crippen LogP contribution >= 0.6 is 0 Å². The largest absolute Gasteiger partial charge is 0.389 e. The summed E-state index contributed by atoms with van der Waals surface area (Å²) in [5.41, 5.74) is 8.01. The van der Waals surface area contributed by atoms with Crippen LogP contribution in [0.25, 0.3) is 0 Å². The van der Waals surface area contributed by atoms with Gasteiger partial charge in [0.25, 0.3) is 0 Å². The summed E-state index contributed by atoms with van der Waals surface area (Å²) in [4.78, 5) is 6.38. The molecule has 0 aliphatic heterocycles. The molecule has 5 heteroatoms. The van der Waals surface area contributed by atoms with Gasteiger partial charge in [0.1, 0.15) is 5.84 Å². The molecule has 1 heterocycles. The number of nitrogen functional groups attached to an aromatic ring is 1. The lowest BCUT2D eigenvalue weighted by atomic mass is 10.1. The first kappa shape index (κ1) is 15.4. The normalized spacial score (nSPS) is 11.5. The Morgan fingerprint density at radius 1 is 1.47 bits per heavy atom. The fraction of sp³-hybridized carbons (Fsp3) is 0.571. The molecular formula is C14H24N4O. The Labute approximate surface area is 115 Å². The van der Waals surface area contributed by atoms with E-state index in [1.165, 1.54) is 0 Å². The molecule has 0 amide bonds. The Bertz CT molecular complexity index is 477. The van der Waals surface area contributed by atoms with Crippen molar-refractivity contribution in [2.24, 2.45) is 5.73 Å². The summed E-state index contributed by atoms with van der Waals surface area (Å²) >= 11 is 0. The van der Waals surface area contributed by atoms with Crippen molar-refractivity contribution in [1.82, 2.24) is 4.98 Å². The van der Waals surface area contributed by atoms with Gasteiger partial charge in [-0.15, -0.1) is 0 Å². The minimum Gasteiger partial charge on any atom is -0.389 e. The minimum absolute atomic E-state index is 0.00851. The molecular weight excluding hydrogens is 240 g/mol. The highest BCUT2D eigenvalue weighted by atomic mass is 16.3. The lowest BCUT2D eigenvalue weighted by Crippen LogP contribution is -2.39. The van der Waals surface area contributed by atoms with Crippen molar-refractivity contribution in [1.29, 1.82) is 5.41 Å². The van der Waals surface area contributed by atoms with Gasteiger partial charge in [-0.05, 0) is 40.7 Å². The average Bonchev–Trinajstić information content (AvgIpc) is 2.22. The Hall–Kier alpha value is -1.62. The molecule has 0 saturated carbocycles. The molecule has 1 aromatic heterocycles. The summed E-state index contributed by atoms with van der Waals surface area (Å²) in [6.45, 7) is 10.5. The number of likely N-dealkylation sites (N-methyl/N-ethyl adjacent to an activating group) is 1. The third-order valence-corrected chi connectivity index (χ3v) is 2.88. The van der Waals surface area contributed by atoms with E-state index in [2.05, 4.69) is 4.98 Å². The van der Waals surface area contributed by atoms with Crippen LogP contribution in [0.5, 0.6) is 0 Å². The highest BCUT2D eigenvalue weighted by Gasteiger charge is 2.22. The van der Waals surface area contributed by atoms with E-state index in [0.717, 1.165) is 23.6 Å². The predicted molar refractivity (Wildman–Crippen MR) is 78.9 cm³/mol. The topological polar surface area (TPSA) is 86.2 Å². The third kappa shape index (κ3) is 3.92. The predicted octanol–water partition coefficient (Wildman–Crippen LogP) is 1.58. The van der Waals surface area contributed by atoms with Crippen molar-refractivity contribution in [2.75, 3.05) is 18.0 Å². The molecule has 0 saturated heterocycles. The molecule has 0 unspecified atom stereocenters. The number of aromatic nitrogens is 1. The van der Waals surface area contributed by atoms with Gasteiger partial charge in [-0.2, -0.15) is 0 Å². The maximum atomic E-state index is 10.0. The van der Waals surface area contributed by atoms with Gasteiger partial charge in [0.2, 0.25) is 0 Å². The summed E-state index contributed by atoms with van der Waals surface area (Å²) < 4.78 is 0. The second kappa shape index (κ2) is 5.57. The van der Waals surface area contributed by atoms with E-state index in [0.29, 0.717) is 12.1 Å². The minimum atomic E-state index is -0.810. The van der Waals surface area contributed by atoms with Crippen molar-refractivity contribution >= 4 is 11.5 Å². The quantitative estimate of drug-likeness (QED) is 0.556. The Morgan fingerprint density at radius 2 is 2.05 bits per heavy atom. The highest BCUT2D eigenvalue weighted by Crippen LogP contribution is 2.25. The van der Waals surface area contributed by atoms with Crippen molar-refractivity contribution in [3.8, 4) is 0 Å². The van der Waals surface area contributed by atoms with E-state index in [4.69, 9.17) is 11.1 Å². The Kier molecular flexibility index (Phi) is 4.52. The summed E-state index contributed by atoms with van der Waals surface area (Å²) in [7, 11) is 0. The zero-order valence-electron chi connectivity index (χ0n) is 12.4. The van der Waals surface area contributed by atoms with Gasteiger partial charge < -0.3 is 15.7 Å². The SMILES string of the molecule is CCN(CC(C)(C)O)c1cc(C)nc(C)c1C(=N)N. The smallest absolute Gasteiger partial charge is 0.126 e. The van der Waals surface area contributed by atoms with Crippen LogP contribution in [0, 0.1) is 19.3 Å². The van der Waals surface area contributed by atoms with Crippen molar-refractivity contribution in [3.63, 3.8) is 0 Å².